The zero-order valence-electron chi connectivity index (χ0n) is 10.7. The summed E-state index contributed by atoms with van der Waals surface area (Å²) in [7, 11) is -3.02. The highest BCUT2D eigenvalue weighted by atomic mass is 32.2. The maximum Gasteiger partial charge on any atom is 0.153 e. The Kier molecular flexibility index (Phi) is 3.90. The standard InChI is InChI=1S/C13H16N2O3S/c1-2-19(16,17)9-8-18-12-6-5-11(14)13-10(12)4-3-7-15-13/h3-7H,2,8-9,14H2,1H3. The van der Waals surface area contributed by atoms with Gasteiger partial charge in [0.05, 0.1) is 17.0 Å². The summed E-state index contributed by atoms with van der Waals surface area (Å²) in [6.45, 7) is 1.75. The van der Waals surface area contributed by atoms with Crippen molar-refractivity contribution < 1.29 is 13.2 Å². The average Bonchev–Trinajstić information content (AvgIpc) is 2.42. The van der Waals surface area contributed by atoms with E-state index in [1.54, 1.807) is 31.3 Å². The number of sulfone groups is 1. The Bertz CT molecular complexity index is 683. The van der Waals surface area contributed by atoms with Crippen molar-refractivity contribution in [1.29, 1.82) is 0 Å². The van der Waals surface area contributed by atoms with Gasteiger partial charge >= 0.3 is 0 Å². The molecule has 2 N–H and O–H groups in total. The SMILES string of the molecule is CCS(=O)(=O)CCOc1ccc(N)c2ncccc12. The Morgan fingerprint density at radius 2 is 2.11 bits per heavy atom. The van der Waals surface area contributed by atoms with Crippen LogP contribution in [0.1, 0.15) is 6.92 Å². The van der Waals surface area contributed by atoms with Crippen LogP contribution in [-0.2, 0) is 9.84 Å². The van der Waals surface area contributed by atoms with Crippen LogP contribution in [-0.4, -0.2) is 31.5 Å². The number of fused-ring (bicyclic) bond motifs is 1. The molecule has 1 aromatic heterocycles. The van der Waals surface area contributed by atoms with Crippen molar-refractivity contribution in [1.82, 2.24) is 4.98 Å². The molecule has 0 aliphatic heterocycles. The zero-order valence-corrected chi connectivity index (χ0v) is 11.5. The zero-order chi connectivity index (χ0) is 13.9. The first kappa shape index (κ1) is 13.6. The number of benzene rings is 1. The highest BCUT2D eigenvalue weighted by Gasteiger charge is 2.09. The average molecular weight is 280 g/mol. The number of aromatic nitrogens is 1. The van der Waals surface area contributed by atoms with Gasteiger partial charge in [-0.25, -0.2) is 8.42 Å². The second-order valence-corrected chi connectivity index (χ2v) is 6.61. The van der Waals surface area contributed by atoms with Crippen molar-refractivity contribution in [2.75, 3.05) is 23.8 Å². The van der Waals surface area contributed by atoms with Crippen LogP contribution in [0.2, 0.25) is 0 Å². The molecule has 0 radical (unpaired) electrons. The minimum Gasteiger partial charge on any atom is -0.492 e. The minimum absolute atomic E-state index is 0.00956. The van der Waals surface area contributed by atoms with Gasteiger partial charge in [-0.2, -0.15) is 0 Å². The lowest BCUT2D eigenvalue weighted by molar-refractivity contribution is 0.345. The van der Waals surface area contributed by atoms with Gasteiger partial charge in [0.2, 0.25) is 0 Å². The summed E-state index contributed by atoms with van der Waals surface area (Å²) in [4.78, 5) is 4.19. The number of pyridine rings is 1. The molecule has 6 heteroatoms. The maximum absolute atomic E-state index is 11.4. The van der Waals surface area contributed by atoms with Crippen LogP contribution in [0.15, 0.2) is 30.5 Å². The minimum atomic E-state index is -3.02. The molecule has 102 valence electrons. The van der Waals surface area contributed by atoms with Gasteiger partial charge in [-0.05, 0) is 24.3 Å². The van der Waals surface area contributed by atoms with E-state index in [1.807, 2.05) is 6.07 Å². The van der Waals surface area contributed by atoms with Crippen LogP contribution in [0.25, 0.3) is 10.9 Å². The molecule has 0 aliphatic carbocycles. The third kappa shape index (κ3) is 3.14. The molecule has 2 rings (SSSR count). The van der Waals surface area contributed by atoms with E-state index in [-0.39, 0.29) is 18.1 Å². The van der Waals surface area contributed by atoms with E-state index in [9.17, 15) is 8.42 Å². The number of hydrogen-bond acceptors (Lipinski definition) is 5. The number of nitrogen functional groups attached to an aromatic ring is 1. The predicted molar refractivity (Wildman–Crippen MR) is 76.0 cm³/mol. The Labute approximate surface area is 112 Å². The van der Waals surface area contributed by atoms with Gasteiger partial charge in [-0.3, -0.25) is 4.98 Å². The van der Waals surface area contributed by atoms with Gasteiger partial charge in [0.1, 0.15) is 12.4 Å². The molecule has 0 saturated heterocycles. The number of ether oxygens (including phenoxy) is 1. The highest BCUT2D eigenvalue weighted by Crippen LogP contribution is 2.28. The Morgan fingerprint density at radius 3 is 2.84 bits per heavy atom. The van der Waals surface area contributed by atoms with Crippen LogP contribution in [0.5, 0.6) is 5.75 Å². The summed E-state index contributed by atoms with van der Waals surface area (Å²) in [6, 6.07) is 7.08. The molecule has 0 amide bonds. The summed E-state index contributed by atoms with van der Waals surface area (Å²) < 4.78 is 28.3. The first-order chi connectivity index (χ1) is 9.03. The first-order valence-electron chi connectivity index (χ1n) is 6.00. The van der Waals surface area contributed by atoms with Crippen molar-refractivity contribution >= 4 is 26.4 Å². The number of anilines is 1. The summed E-state index contributed by atoms with van der Waals surface area (Å²) in [6.07, 6.45) is 1.66. The molecular formula is C13H16N2O3S. The molecule has 0 aliphatic rings. The van der Waals surface area contributed by atoms with Crippen LogP contribution in [0.4, 0.5) is 5.69 Å². The Morgan fingerprint density at radius 1 is 1.32 bits per heavy atom. The first-order valence-corrected chi connectivity index (χ1v) is 7.82. The number of hydrogen-bond donors (Lipinski definition) is 1. The molecular weight excluding hydrogens is 264 g/mol. The van der Waals surface area contributed by atoms with E-state index in [4.69, 9.17) is 10.5 Å². The molecule has 0 unspecified atom stereocenters. The lowest BCUT2D eigenvalue weighted by atomic mass is 10.2. The fourth-order valence-corrected chi connectivity index (χ4v) is 2.34. The van der Waals surface area contributed by atoms with Gasteiger partial charge in [-0.15, -0.1) is 0 Å². The molecule has 5 nitrogen and oxygen atoms in total. The predicted octanol–water partition coefficient (Wildman–Crippen LogP) is 1.63. The van der Waals surface area contributed by atoms with Gasteiger partial charge in [0.15, 0.2) is 9.84 Å². The lowest BCUT2D eigenvalue weighted by Gasteiger charge is -2.10. The smallest absolute Gasteiger partial charge is 0.153 e. The Balaban J connectivity index is 2.20. The van der Waals surface area contributed by atoms with Gasteiger partial charge in [0, 0.05) is 17.3 Å². The fourth-order valence-electron chi connectivity index (χ4n) is 1.72. The van der Waals surface area contributed by atoms with Gasteiger partial charge in [0.25, 0.3) is 0 Å². The van der Waals surface area contributed by atoms with Gasteiger partial charge < -0.3 is 10.5 Å². The highest BCUT2D eigenvalue weighted by molar-refractivity contribution is 7.91. The molecule has 19 heavy (non-hydrogen) atoms. The maximum atomic E-state index is 11.4. The number of rotatable bonds is 5. The number of nitrogens with zero attached hydrogens (tertiary/aromatic N) is 1. The van der Waals surface area contributed by atoms with Crippen LogP contribution < -0.4 is 10.5 Å². The second-order valence-electron chi connectivity index (χ2n) is 4.14. The number of nitrogens with two attached hydrogens (primary N) is 1. The summed E-state index contributed by atoms with van der Waals surface area (Å²) in [5, 5.41) is 0.788. The monoisotopic (exact) mass is 280 g/mol. The molecule has 2 aromatic rings. The van der Waals surface area contributed by atoms with E-state index in [1.165, 1.54) is 0 Å². The normalized spacial score (nSPS) is 11.6. The molecule has 0 bridgehead atoms. The molecule has 1 heterocycles. The molecule has 0 saturated carbocycles. The van der Waals surface area contributed by atoms with Crippen molar-refractivity contribution in [2.24, 2.45) is 0 Å². The van der Waals surface area contributed by atoms with Crippen molar-refractivity contribution in [3.8, 4) is 5.75 Å². The quantitative estimate of drug-likeness (QED) is 0.842. The third-order valence-electron chi connectivity index (χ3n) is 2.85. The molecule has 1 aromatic carbocycles. The Hall–Kier alpha value is -1.82. The summed E-state index contributed by atoms with van der Waals surface area (Å²) >= 11 is 0. The summed E-state index contributed by atoms with van der Waals surface area (Å²) in [5.74, 6) is 0.736. The van der Waals surface area contributed by atoms with Gasteiger partial charge in [-0.1, -0.05) is 6.92 Å². The van der Waals surface area contributed by atoms with E-state index in [2.05, 4.69) is 4.98 Å². The van der Waals surface area contributed by atoms with E-state index >= 15 is 0 Å². The van der Waals surface area contributed by atoms with E-state index < -0.39 is 9.84 Å². The molecule has 0 fully saturated rings. The lowest BCUT2D eigenvalue weighted by Crippen LogP contribution is -2.15. The summed E-state index contributed by atoms with van der Waals surface area (Å²) in [5.41, 5.74) is 7.07. The van der Waals surface area contributed by atoms with E-state index in [0.717, 1.165) is 5.39 Å². The van der Waals surface area contributed by atoms with E-state index in [0.29, 0.717) is 17.0 Å². The van der Waals surface area contributed by atoms with Crippen molar-refractivity contribution in [2.45, 2.75) is 6.92 Å². The topological polar surface area (TPSA) is 82.3 Å². The van der Waals surface area contributed by atoms with Crippen LogP contribution in [0, 0.1) is 0 Å². The largest absolute Gasteiger partial charge is 0.492 e. The fraction of sp³-hybridized carbons (Fsp3) is 0.308. The third-order valence-corrected chi connectivity index (χ3v) is 4.52. The molecule has 0 atom stereocenters. The molecule has 0 spiro atoms. The van der Waals surface area contributed by atoms with Crippen LogP contribution in [0.3, 0.4) is 0 Å². The van der Waals surface area contributed by atoms with Crippen molar-refractivity contribution in [3.05, 3.63) is 30.5 Å². The second kappa shape index (κ2) is 5.44. The van der Waals surface area contributed by atoms with Crippen molar-refractivity contribution in [3.63, 3.8) is 0 Å². The van der Waals surface area contributed by atoms with Crippen LogP contribution >= 0.6 is 0 Å².